The zero-order valence-corrected chi connectivity index (χ0v) is 10.9. The van der Waals surface area contributed by atoms with Gasteiger partial charge in [0.15, 0.2) is 5.82 Å². The average Bonchev–Trinajstić information content (AvgIpc) is 3.15. The highest BCUT2D eigenvalue weighted by molar-refractivity contribution is 5.64. The summed E-state index contributed by atoms with van der Waals surface area (Å²) in [5, 5.41) is 3.99. The third-order valence-corrected chi connectivity index (χ3v) is 3.72. The van der Waals surface area contributed by atoms with Gasteiger partial charge in [0.25, 0.3) is 0 Å². The first-order chi connectivity index (χ1) is 10.1. The molecule has 1 aliphatic rings. The van der Waals surface area contributed by atoms with Crippen LogP contribution in [0.15, 0.2) is 30.6 Å². The minimum absolute atomic E-state index is 0.0386. The number of alkyl halides is 1. The molecule has 0 aromatic carbocycles. The number of halogens is 2. The van der Waals surface area contributed by atoms with Crippen molar-refractivity contribution in [3.8, 4) is 11.4 Å². The van der Waals surface area contributed by atoms with E-state index >= 15 is 0 Å². The largest absolute Gasteiger partial charge is 0.367 e. The van der Waals surface area contributed by atoms with E-state index in [1.165, 1.54) is 23.0 Å². The zero-order valence-electron chi connectivity index (χ0n) is 10.9. The van der Waals surface area contributed by atoms with Crippen LogP contribution in [0.1, 0.15) is 18.4 Å². The second-order valence-corrected chi connectivity index (χ2v) is 5.19. The van der Waals surface area contributed by atoms with Crippen LogP contribution in [0.25, 0.3) is 16.9 Å². The van der Waals surface area contributed by atoms with E-state index in [0.717, 1.165) is 0 Å². The van der Waals surface area contributed by atoms with Crippen molar-refractivity contribution < 1.29 is 8.78 Å². The van der Waals surface area contributed by atoms with Gasteiger partial charge in [0.2, 0.25) is 5.95 Å². The van der Waals surface area contributed by atoms with E-state index in [1.54, 1.807) is 12.1 Å². The highest BCUT2D eigenvalue weighted by atomic mass is 19.1. The van der Waals surface area contributed by atoms with Crippen LogP contribution in [0.4, 0.5) is 14.7 Å². The van der Waals surface area contributed by atoms with E-state index in [-0.39, 0.29) is 11.5 Å². The minimum Gasteiger partial charge on any atom is -0.367 e. The quantitative estimate of drug-likeness (QED) is 0.786. The van der Waals surface area contributed by atoms with Crippen LogP contribution in [0, 0.1) is 5.82 Å². The molecule has 1 saturated carbocycles. The summed E-state index contributed by atoms with van der Waals surface area (Å²) >= 11 is 0. The van der Waals surface area contributed by atoms with Crippen LogP contribution >= 0.6 is 0 Å². The SMILES string of the molecule is Nc1ncc2c(F)cc(-c3ccc(C4(F)CC4)cn3)n2n1. The Morgan fingerprint density at radius 2 is 2.00 bits per heavy atom. The first-order valence-electron chi connectivity index (χ1n) is 6.52. The van der Waals surface area contributed by atoms with Gasteiger partial charge in [-0.1, -0.05) is 6.07 Å². The molecule has 7 heteroatoms. The lowest BCUT2D eigenvalue weighted by molar-refractivity contribution is 0.317. The molecule has 0 bridgehead atoms. The molecular formula is C14H11F2N5. The third kappa shape index (κ3) is 1.84. The van der Waals surface area contributed by atoms with E-state index in [4.69, 9.17) is 5.73 Å². The Hall–Kier alpha value is -2.57. The maximum atomic E-state index is 13.9. The van der Waals surface area contributed by atoms with Crippen molar-refractivity contribution in [2.75, 3.05) is 5.73 Å². The monoisotopic (exact) mass is 287 g/mol. The van der Waals surface area contributed by atoms with Gasteiger partial charge in [0.1, 0.15) is 11.2 Å². The Morgan fingerprint density at radius 1 is 1.19 bits per heavy atom. The lowest BCUT2D eigenvalue weighted by Gasteiger charge is -2.06. The van der Waals surface area contributed by atoms with Crippen LogP contribution in [-0.4, -0.2) is 19.6 Å². The Bertz CT molecular complexity index is 836. The standard InChI is InChI=1S/C14H11F2N5/c15-9-5-11(21-12(9)7-19-13(17)20-21)10-2-1-8(6-18-10)14(16)3-4-14/h1-2,5-7H,3-4H2,(H2,17,20). The van der Waals surface area contributed by atoms with E-state index in [0.29, 0.717) is 29.8 Å². The molecule has 4 rings (SSSR count). The van der Waals surface area contributed by atoms with Crippen molar-refractivity contribution >= 4 is 11.5 Å². The first-order valence-corrected chi connectivity index (χ1v) is 6.52. The maximum absolute atomic E-state index is 13.9. The molecule has 1 fully saturated rings. The topological polar surface area (TPSA) is 69.1 Å². The summed E-state index contributed by atoms with van der Waals surface area (Å²) in [6.07, 6.45) is 3.86. The van der Waals surface area contributed by atoms with Crippen LogP contribution < -0.4 is 5.73 Å². The molecule has 21 heavy (non-hydrogen) atoms. The maximum Gasteiger partial charge on any atom is 0.238 e. The van der Waals surface area contributed by atoms with Crippen LogP contribution in [0.5, 0.6) is 0 Å². The number of nitrogens with two attached hydrogens (primary N) is 1. The molecule has 0 unspecified atom stereocenters. The van der Waals surface area contributed by atoms with Crippen molar-refractivity contribution in [3.05, 3.63) is 42.0 Å². The minimum atomic E-state index is -1.23. The number of anilines is 1. The number of hydrogen-bond acceptors (Lipinski definition) is 4. The van der Waals surface area contributed by atoms with Gasteiger partial charge in [-0.2, -0.15) is 0 Å². The van der Waals surface area contributed by atoms with Gasteiger partial charge in [0, 0.05) is 17.8 Å². The highest BCUT2D eigenvalue weighted by Crippen LogP contribution is 2.49. The molecule has 2 N–H and O–H groups in total. The Balaban J connectivity index is 1.84. The summed E-state index contributed by atoms with van der Waals surface area (Å²) in [6, 6.07) is 4.65. The Labute approximate surface area is 118 Å². The number of aromatic nitrogens is 4. The van der Waals surface area contributed by atoms with E-state index in [1.807, 2.05) is 0 Å². The van der Waals surface area contributed by atoms with Gasteiger partial charge < -0.3 is 5.73 Å². The molecule has 5 nitrogen and oxygen atoms in total. The number of fused-ring (bicyclic) bond motifs is 1. The summed E-state index contributed by atoms with van der Waals surface area (Å²) in [5.74, 6) is -0.420. The van der Waals surface area contributed by atoms with Crippen LogP contribution in [-0.2, 0) is 5.67 Å². The lowest BCUT2D eigenvalue weighted by atomic mass is 10.1. The van der Waals surface area contributed by atoms with Crippen molar-refractivity contribution in [3.63, 3.8) is 0 Å². The lowest BCUT2D eigenvalue weighted by Crippen LogP contribution is -2.03. The summed E-state index contributed by atoms with van der Waals surface area (Å²) in [6.45, 7) is 0. The normalized spacial score (nSPS) is 16.3. The molecule has 0 atom stereocenters. The van der Waals surface area contributed by atoms with Crippen molar-refractivity contribution in [1.82, 2.24) is 19.6 Å². The third-order valence-electron chi connectivity index (χ3n) is 3.72. The molecule has 1 aliphatic carbocycles. The fraction of sp³-hybridized carbons (Fsp3) is 0.214. The van der Waals surface area contributed by atoms with Crippen LogP contribution in [0.2, 0.25) is 0 Å². The Morgan fingerprint density at radius 3 is 2.67 bits per heavy atom. The van der Waals surface area contributed by atoms with Gasteiger partial charge in [-0.15, -0.1) is 5.10 Å². The zero-order chi connectivity index (χ0) is 14.6. The summed E-state index contributed by atoms with van der Waals surface area (Å²) in [7, 11) is 0. The predicted octanol–water partition coefficient (Wildman–Crippen LogP) is 2.47. The average molecular weight is 287 g/mol. The molecule has 3 aromatic rings. The highest BCUT2D eigenvalue weighted by Gasteiger charge is 2.45. The fourth-order valence-electron chi connectivity index (χ4n) is 2.36. The number of pyridine rings is 1. The Kier molecular flexibility index (Phi) is 2.30. The number of nitrogen functional groups attached to an aromatic ring is 1. The fourth-order valence-corrected chi connectivity index (χ4v) is 2.36. The van der Waals surface area contributed by atoms with Gasteiger partial charge in [-0.3, -0.25) is 4.98 Å². The summed E-state index contributed by atoms with van der Waals surface area (Å²) in [4.78, 5) is 7.99. The van der Waals surface area contributed by atoms with Gasteiger partial charge >= 0.3 is 0 Å². The number of nitrogens with zero attached hydrogens (tertiary/aromatic N) is 4. The van der Waals surface area contributed by atoms with Gasteiger partial charge in [-0.25, -0.2) is 18.3 Å². The molecule has 0 saturated heterocycles. The van der Waals surface area contributed by atoms with Crippen molar-refractivity contribution in [2.24, 2.45) is 0 Å². The predicted molar refractivity (Wildman–Crippen MR) is 72.6 cm³/mol. The van der Waals surface area contributed by atoms with Crippen molar-refractivity contribution in [2.45, 2.75) is 18.5 Å². The van der Waals surface area contributed by atoms with E-state index in [2.05, 4.69) is 15.1 Å². The molecule has 0 spiro atoms. The van der Waals surface area contributed by atoms with Gasteiger partial charge in [-0.05, 0) is 18.9 Å². The molecule has 3 aromatic heterocycles. The molecule has 106 valence electrons. The second kappa shape index (κ2) is 3.97. The summed E-state index contributed by atoms with van der Waals surface area (Å²) in [5.41, 5.74) is 6.03. The number of rotatable bonds is 2. The molecule has 0 aliphatic heterocycles. The van der Waals surface area contributed by atoms with Crippen molar-refractivity contribution in [1.29, 1.82) is 0 Å². The smallest absolute Gasteiger partial charge is 0.238 e. The summed E-state index contributed by atoms with van der Waals surface area (Å²) < 4.78 is 29.2. The second-order valence-electron chi connectivity index (χ2n) is 5.19. The van der Waals surface area contributed by atoms with E-state index < -0.39 is 11.5 Å². The first kappa shape index (κ1) is 12.2. The molecule has 3 heterocycles. The molecule has 0 radical (unpaired) electrons. The van der Waals surface area contributed by atoms with Crippen LogP contribution in [0.3, 0.4) is 0 Å². The number of hydrogen-bond donors (Lipinski definition) is 1. The molecular weight excluding hydrogens is 276 g/mol. The van der Waals surface area contributed by atoms with Gasteiger partial charge in [0.05, 0.1) is 17.6 Å². The van der Waals surface area contributed by atoms with E-state index in [9.17, 15) is 8.78 Å². The molecule has 0 amide bonds.